The molecule has 0 atom stereocenters. The number of nitrogens with zero attached hydrogens (tertiary/aromatic N) is 3. The molecule has 2 aromatic heterocycles. The number of nitrogen functional groups attached to an aromatic ring is 1. The first-order chi connectivity index (χ1) is 9.49. The van der Waals surface area contributed by atoms with Crippen molar-refractivity contribution in [2.24, 2.45) is 0 Å². The fourth-order valence-corrected chi connectivity index (χ4v) is 2.70. The highest BCUT2D eigenvalue weighted by Gasteiger charge is 2.13. The first kappa shape index (κ1) is 13.1. The summed E-state index contributed by atoms with van der Waals surface area (Å²) in [5.74, 6) is 0.808. The SMILES string of the molecule is Cc1cc2ncn(-c3ncc(N)c(C)c3Br)c2cc1C. The van der Waals surface area contributed by atoms with Crippen LogP contribution in [0.4, 0.5) is 5.69 Å². The van der Waals surface area contributed by atoms with Gasteiger partial charge in [0, 0.05) is 0 Å². The van der Waals surface area contributed by atoms with Gasteiger partial charge in [0.15, 0.2) is 5.82 Å². The van der Waals surface area contributed by atoms with E-state index in [0.29, 0.717) is 5.69 Å². The molecule has 5 heteroatoms. The van der Waals surface area contributed by atoms with Crippen LogP contribution in [-0.2, 0) is 0 Å². The van der Waals surface area contributed by atoms with Gasteiger partial charge in [-0.1, -0.05) is 0 Å². The minimum atomic E-state index is 0.678. The maximum atomic E-state index is 5.88. The van der Waals surface area contributed by atoms with Crippen LogP contribution in [0.3, 0.4) is 0 Å². The lowest BCUT2D eigenvalue weighted by molar-refractivity contribution is 1.01. The standard InChI is InChI=1S/C15H15BrN4/c1-8-4-12-13(5-9(8)2)20(7-19-12)15-14(16)10(3)11(17)6-18-15/h4-7H,17H2,1-3H3. The molecule has 2 N–H and O–H groups in total. The molecule has 2 heterocycles. The van der Waals surface area contributed by atoms with Crippen LogP contribution < -0.4 is 5.73 Å². The van der Waals surface area contributed by atoms with Crippen molar-refractivity contribution in [1.82, 2.24) is 14.5 Å². The molecule has 1 aromatic carbocycles. The number of pyridine rings is 1. The number of imidazole rings is 1. The fourth-order valence-electron chi connectivity index (χ4n) is 2.18. The third-order valence-electron chi connectivity index (χ3n) is 3.68. The lowest BCUT2D eigenvalue weighted by Gasteiger charge is -2.10. The number of hydrogen-bond donors (Lipinski definition) is 1. The van der Waals surface area contributed by atoms with Crippen LogP contribution in [0.15, 0.2) is 29.1 Å². The highest BCUT2D eigenvalue weighted by molar-refractivity contribution is 9.10. The molecule has 0 aliphatic heterocycles. The normalized spacial score (nSPS) is 11.2. The maximum Gasteiger partial charge on any atom is 0.153 e. The van der Waals surface area contributed by atoms with Crippen LogP contribution in [-0.4, -0.2) is 14.5 Å². The van der Waals surface area contributed by atoms with Crippen LogP contribution in [0, 0.1) is 20.8 Å². The Hall–Kier alpha value is -1.88. The Morgan fingerprint density at radius 1 is 1.10 bits per heavy atom. The van der Waals surface area contributed by atoms with E-state index >= 15 is 0 Å². The van der Waals surface area contributed by atoms with E-state index in [1.165, 1.54) is 11.1 Å². The van der Waals surface area contributed by atoms with Crippen molar-refractivity contribution in [2.45, 2.75) is 20.8 Å². The van der Waals surface area contributed by atoms with Crippen LogP contribution in [0.5, 0.6) is 0 Å². The summed E-state index contributed by atoms with van der Waals surface area (Å²) in [6, 6.07) is 4.23. The van der Waals surface area contributed by atoms with Crippen LogP contribution in [0.25, 0.3) is 16.9 Å². The molecule has 0 saturated heterocycles. The third kappa shape index (κ3) is 1.89. The highest BCUT2D eigenvalue weighted by Crippen LogP contribution is 2.29. The molecule has 102 valence electrons. The van der Waals surface area contributed by atoms with E-state index in [1.807, 2.05) is 11.5 Å². The lowest BCUT2D eigenvalue weighted by Crippen LogP contribution is -2.02. The van der Waals surface area contributed by atoms with Crippen LogP contribution in [0.1, 0.15) is 16.7 Å². The van der Waals surface area contributed by atoms with Gasteiger partial charge in [-0.15, -0.1) is 0 Å². The molecule has 0 fully saturated rings. The first-order valence-corrected chi connectivity index (χ1v) is 7.13. The molecule has 20 heavy (non-hydrogen) atoms. The van der Waals surface area contributed by atoms with E-state index in [2.05, 4.69) is 51.9 Å². The van der Waals surface area contributed by atoms with Crippen molar-refractivity contribution in [3.63, 3.8) is 0 Å². The van der Waals surface area contributed by atoms with Gasteiger partial charge in [-0.3, -0.25) is 4.57 Å². The maximum absolute atomic E-state index is 5.88. The van der Waals surface area contributed by atoms with E-state index in [0.717, 1.165) is 26.9 Å². The molecule has 0 spiro atoms. The number of anilines is 1. The molecule has 0 bridgehead atoms. The van der Waals surface area contributed by atoms with Gasteiger partial charge in [0.2, 0.25) is 0 Å². The zero-order chi connectivity index (χ0) is 14.4. The molecule has 3 rings (SSSR count). The highest BCUT2D eigenvalue weighted by atomic mass is 79.9. The molecule has 4 nitrogen and oxygen atoms in total. The Balaban J connectivity index is 2.30. The summed E-state index contributed by atoms with van der Waals surface area (Å²) in [6.07, 6.45) is 3.48. The fraction of sp³-hybridized carbons (Fsp3) is 0.200. The Morgan fingerprint density at radius 2 is 1.80 bits per heavy atom. The van der Waals surface area contributed by atoms with Gasteiger partial charge in [0.1, 0.15) is 6.33 Å². The van der Waals surface area contributed by atoms with E-state index in [9.17, 15) is 0 Å². The van der Waals surface area contributed by atoms with Crippen molar-refractivity contribution < 1.29 is 0 Å². The summed E-state index contributed by atoms with van der Waals surface area (Å²) in [4.78, 5) is 8.90. The largest absolute Gasteiger partial charge is 0.397 e. The number of rotatable bonds is 1. The molecule has 0 aliphatic rings. The summed E-state index contributed by atoms with van der Waals surface area (Å²) >= 11 is 3.58. The van der Waals surface area contributed by atoms with E-state index in [4.69, 9.17) is 5.73 Å². The number of benzene rings is 1. The molecular weight excluding hydrogens is 316 g/mol. The number of nitrogens with two attached hydrogens (primary N) is 1. The summed E-state index contributed by atoms with van der Waals surface area (Å²) in [5.41, 5.74) is 12.0. The van der Waals surface area contributed by atoms with Gasteiger partial charge in [-0.05, 0) is 65.5 Å². The molecule has 3 aromatic rings. The monoisotopic (exact) mass is 330 g/mol. The number of hydrogen-bond acceptors (Lipinski definition) is 3. The van der Waals surface area contributed by atoms with E-state index < -0.39 is 0 Å². The summed E-state index contributed by atoms with van der Waals surface area (Å²) < 4.78 is 2.88. The number of fused-ring (bicyclic) bond motifs is 1. The van der Waals surface area contributed by atoms with Gasteiger partial charge in [0.25, 0.3) is 0 Å². The molecule has 0 radical (unpaired) electrons. The van der Waals surface area contributed by atoms with E-state index in [-0.39, 0.29) is 0 Å². The molecule has 0 amide bonds. The third-order valence-corrected chi connectivity index (χ3v) is 4.62. The van der Waals surface area contributed by atoms with Crippen molar-refractivity contribution in [3.8, 4) is 5.82 Å². The van der Waals surface area contributed by atoms with Crippen LogP contribution >= 0.6 is 15.9 Å². The number of halogens is 1. The average molecular weight is 331 g/mol. The Labute approximate surface area is 125 Å². The minimum Gasteiger partial charge on any atom is -0.397 e. The lowest BCUT2D eigenvalue weighted by atomic mass is 10.1. The van der Waals surface area contributed by atoms with Crippen LogP contribution in [0.2, 0.25) is 0 Å². The zero-order valence-electron chi connectivity index (χ0n) is 11.6. The van der Waals surface area contributed by atoms with Crippen molar-refractivity contribution in [2.75, 3.05) is 5.73 Å². The summed E-state index contributed by atoms with van der Waals surface area (Å²) in [7, 11) is 0. The predicted octanol–water partition coefficient (Wildman–Crippen LogP) is 3.69. The molecular formula is C15H15BrN4. The molecule has 0 aliphatic carbocycles. The second-order valence-electron chi connectivity index (χ2n) is 5.02. The van der Waals surface area contributed by atoms with Gasteiger partial charge >= 0.3 is 0 Å². The van der Waals surface area contributed by atoms with Gasteiger partial charge in [-0.2, -0.15) is 0 Å². The zero-order valence-corrected chi connectivity index (χ0v) is 13.2. The van der Waals surface area contributed by atoms with Gasteiger partial charge < -0.3 is 5.73 Å². The Bertz CT molecular complexity index is 820. The van der Waals surface area contributed by atoms with Gasteiger partial charge in [0.05, 0.1) is 27.4 Å². The van der Waals surface area contributed by atoms with Crippen molar-refractivity contribution >= 4 is 32.7 Å². The minimum absolute atomic E-state index is 0.678. The Morgan fingerprint density at radius 3 is 2.55 bits per heavy atom. The van der Waals surface area contributed by atoms with Gasteiger partial charge in [-0.25, -0.2) is 9.97 Å². The second kappa shape index (κ2) is 4.59. The first-order valence-electron chi connectivity index (χ1n) is 6.34. The predicted molar refractivity (Wildman–Crippen MR) is 85.2 cm³/mol. The smallest absolute Gasteiger partial charge is 0.153 e. The molecule has 0 unspecified atom stereocenters. The summed E-state index contributed by atoms with van der Waals surface area (Å²) in [6.45, 7) is 6.16. The summed E-state index contributed by atoms with van der Waals surface area (Å²) in [5, 5.41) is 0. The van der Waals surface area contributed by atoms with E-state index in [1.54, 1.807) is 12.5 Å². The van der Waals surface area contributed by atoms with Crippen molar-refractivity contribution in [3.05, 3.63) is 45.8 Å². The second-order valence-corrected chi connectivity index (χ2v) is 5.81. The quantitative estimate of drug-likeness (QED) is 0.740. The molecule has 0 saturated carbocycles. The number of aromatic nitrogens is 3. The van der Waals surface area contributed by atoms with Crippen molar-refractivity contribution in [1.29, 1.82) is 0 Å². The Kier molecular flexibility index (Phi) is 3.01. The topological polar surface area (TPSA) is 56.7 Å². The average Bonchev–Trinajstić information content (AvgIpc) is 2.80. The number of aryl methyl sites for hydroxylation is 2.